The van der Waals surface area contributed by atoms with Gasteiger partial charge in [0.05, 0.1) is 6.04 Å². The lowest BCUT2D eigenvalue weighted by Crippen LogP contribution is -2.34. The Hall–Kier alpha value is -1.55. The van der Waals surface area contributed by atoms with Gasteiger partial charge in [-0.1, -0.05) is 6.92 Å². The van der Waals surface area contributed by atoms with Crippen LogP contribution in [0.25, 0.3) is 0 Å². The monoisotopic (exact) mass is 247 g/mol. The summed E-state index contributed by atoms with van der Waals surface area (Å²) in [5.74, 6) is -0.110. The van der Waals surface area contributed by atoms with Gasteiger partial charge in [0, 0.05) is 25.0 Å². The molecule has 1 atom stereocenters. The number of fused-ring (bicyclic) bond motifs is 1. The van der Waals surface area contributed by atoms with Crippen molar-refractivity contribution in [3.63, 3.8) is 0 Å². The molecule has 1 aliphatic rings. The van der Waals surface area contributed by atoms with Crippen molar-refractivity contribution >= 4 is 17.3 Å². The molecule has 3 N–H and O–H groups in total. The fraction of sp³-hybridized carbons (Fsp3) is 0.500. The van der Waals surface area contributed by atoms with E-state index < -0.39 is 6.04 Å². The van der Waals surface area contributed by atoms with Crippen molar-refractivity contribution in [2.75, 3.05) is 23.8 Å². The fourth-order valence-electron chi connectivity index (χ4n) is 2.28. The Bertz CT molecular complexity index is 445. The van der Waals surface area contributed by atoms with Gasteiger partial charge in [-0.2, -0.15) is 0 Å². The summed E-state index contributed by atoms with van der Waals surface area (Å²) in [6, 6.07) is 5.65. The SMILES string of the molecule is CCC(N)C(=O)Nc1ccc2c(c1)CCCN2C. The molecular formula is C14H21N3O. The molecule has 0 saturated carbocycles. The zero-order valence-corrected chi connectivity index (χ0v) is 11.1. The number of nitrogens with zero attached hydrogens (tertiary/aromatic N) is 1. The molecule has 0 aliphatic carbocycles. The van der Waals surface area contributed by atoms with E-state index in [1.165, 1.54) is 11.3 Å². The molecule has 1 heterocycles. The van der Waals surface area contributed by atoms with Gasteiger partial charge in [0.1, 0.15) is 0 Å². The lowest BCUT2D eigenvalue weighted by Gasteiger charge is -2.27. The average molecular weight is 247 g/mol. The average Bonchev–Trinajstić information content (AvgIpc) is 2.38. The lowest BCUT2D eigenvalue weighted by molar-refractivity contribution is -0.117. The van der Waals surface area contributed by atoms with Gasteiger partial charge < -0.3 is 16.0 Å². The maximum atomic E-state index is 11.7. The smallest absolute Gasteiger partial charge is 0.241 e. The molecule has 0 fully saturated rings. The largest absolute Gasteiger partial charge is 0.374 e. The van der Waals surface area contributed by atoms with Gasteiger partial charge in [0.15, 0.2) is 0 Å². The predicted octanol–water partition coefficient (Wildman–Crippen LogP) is 1.74. The van der Waals surface area contributed by atoms with E-state index in [2.05, 4.69) is 29.4 Å². The Morgan fingerprint density at radius 1 is 1.56 bits per heavy atom. The first-order valence-electron chi connectivity index (χ1n) is 6.52. The summed E-state index contributed by atoms with van der Waals surface area (Å²) in [4.78, 5) is 14.0. The van der Waals surface area contributed by atoms with E-state index in [4.69, 9.17) is 5.73 Å². The maximum Gasteiger partial charge on any atom is 0.241 e. The van der Waals surface area contributed by atoms with Crippen LogP contribution in [0.3, 0.4) is 0 Å². The molecule has 1 unspecified atom stereocenters. The highest BCUT2D eigenvalue weighted by atomic mass is 16.2. The van der Waals surface area contributed by atoms with E-state index >= 15 is 0 Å². The van der Waals surface area contributed by atoms with Crippen LogP contribution in [0.2, 0.25) is 0 Å². The van der Waals surface area contributed by atoms with E-state index in [1.54, 1.807) is 0 Å². The van der Waals surface area contributed by atoms with Crippen LogP contribution in [-0.4, -0.2) is 25.5 Å². The van der Waals surface area contributed by atoms with Crippen molar-refractivity contribution < 1.29 is 4.79 Å². The summed E-state index contributed by atoms with van der Waals surface area (Å²) in [5, 5.41) is 2.88. The minimum Gasteiger partial charge on any atom is -0.374 e. The molecule has 18 heavy (non-hydrogen) atoms. The third kappa shape index (κ3) is 2.64. The lowest BCUT2D eigenvalue weighted by atomic mass is 10.0. The molecule has 0 radical (unpaired) electrons. The summed E-state index contributed by atoms with van der Waals surface area (Å²) in [6.45, 7) is 3.01. The fourth-order valence-corrected chi connectivity index (χ4v) is 2.28. The third-order valence-corrected chi connectivity index (χ3v) is 3.47. The van der Waals surface area contributed by atoms with Crippen LogP contribution >= 0.6 is 0 Å². The number of carbonyl (C=O) groups is 1. The Morgan fingerprint density at radius 3 is 3.06 bits per heavy atom. The number of anilines is 2. The van der Waals surface area contributed by atoms with E-state index in [0.717, 1.165) is 25.1 Å². The number of nitrogens with two attached hydrogens (primary N) is 1. The van der Waals surface area contributed by atoms with Crippen molar-refractivity contribution in [1.29, 1.82) is 0 Å². The zero-order chi connectivity index (χ0) is 13.1. The summed E-state index contributed by atoms with van der Waals surface area (Å²) >= 11 is 0. The summed E-state index contributed by atoms with van der Waals surface area (Å²) in [6.07, 6.45) is 2.89. The summed E-state index contributed by atoms with van der Waals surface area (Å²) < 4.78 is 0. The van der Waals surface area contributed by atoms with Gasteiger partial charge in [0.2, 0.25) is 5.91 Å². The molecular weight excluding hydrogens is 226 g/mol. The van der Waals surface area contributed by atoms with Gasteiger partial charge in [0.25, 0.3) is 0 Å². The number of benzene rings is 1. The summed E-state index contributed by atoms with van der Waals surface area (Å²) in [5.41, 5.74) is 9.11. The first-order chi connectivity index (χ1) is 8.61. The molecule has 2 rings (SSSR count). The molecule has 0 spiro atoms. The number of amides is 1. The Labute approximate surface area is 108 Å². The van der Waals surface area contributed by atoms with Gasteiger partial charge in [-0.3, -0.25) is 4.79 Å². The highest BCUT2D eigenvalue weighted by Gasteiger charge is 2.15. The molecule has 1 amide bonds. The molecule has 1 aromatic rings. The third-order valence-electron chi connectivity index (χ3n) is 3.47. The minimum atomic E-state index is -0.427. The molecule has 0 aromatic heterocycles. The predicted molar refractivity (Wildman–Crippen MR) is 74.9 cm³/mol. The van der Waals surface area contributed by atoms with Gasteiger partial charge in [-0.15, -0.1) is 0 Å². The number of carbonyl (C=O) groups excluding carboxylic acids is 1. The van der Waals surface area contributed by atoms with Gasteiger partial charge >= 0.3 is 0 Å². The highest BCUT2D eigenvalue weighted by Crippen LogP contribution is 2.28. The van der Waals surface area contributed by atoms with Crippen LogP contribution in [0.15, 0.2) is 18.2 Å². The van der Waals surface area contributed by atoms with Crippen molar-refractivity contribution in [3.8, 4) is 0 Å². The number of nitrogens with one attached hydrogen (secondary N) is 1. The maximum absolute atomic E-state index is 11.7. The van der Waals surface area contributed by atoms with Crippen LogP contribution in [-0.2, 0) is 11.2 Å². The van der Waals surface area contributed by atoms with E-state index in [1.807, 2.05) is 13.0 Å². The first-order valence-corrected chi connectivity index (χ1v) is 6.52. The second kappa shape index (κ2) is 5.40. The van der Waals surface area contributed by atoms with E-state index in [-0.39, 0.29) is 5.91 Å². The van der Waals surface area contributed by atoms with Crippen molar-refractivity contribution in [2.24, 2.45) is 5.73 Å². The normalized spacial score (nSPS) is 16.1. The Kier molecular flexibility index (Phi) is 3.87. The number of rotatable bonds is 3. The Morgan fingerprint density at radius 2 is 2.33 bits per heavy atom. The number of hydrogen-bond acceptors (Lipinski definition) is 3. The van der Waals surface area contributed by atoms with Crippen LogP contribution in [0.4, 0.5) is 11.4 Å². The van der Waals surface area contributed by atoms with Crippen molar-refractivity contribution in [2.45, 2.75) is 32.2 Å². The van der Waals surface area contributed by atoms with Crippen molar-refractivity contribution in [3.05, 3.63) is 23.8 Å². The molecule has 98 valence electrons. The summed E-state index contributed by atoms with van der Waals surface area (Å²) in [7, 11) is 2.10. The first kappa shape index (κ1) is 12.9. The molecule has 1 aromatic carbocycles. The molecule has 4 heteroatoms. The molecule has 4 nitrogen and oxygen atoms in total. The zero-order valence-electron chi connectivity index (χ0n) is 11.1. The molecule has 0 saturated heterocycles. The van der Waals surface area contributed by atoms with Gasteiger partial charge in [-0.05, 0) is 43.0 Å². The van der Waals surface area contributed by atoms with E-state index in [0.29, 0.717) is 6.42 Å². The number of hydrogen-bond donors (Lipinski definition) is 2. The van der Waals surface area contributed by atoms with Gasteiger partial charge in [-0.25, -0.2) is 0 Å². The van der Waals surface area contributed by atoms with Crippen LogP contribution in [0.1, 0.15) is 25.3 Å². The second-order valence-electron chi connectivity index (χ2n) is 4.87. The van der Waals surface area contributed by atoms with Crippen LogP contribution in [0.5, 0.6) is 0 Å². The van der Waals surface area contributed by atoms with Crippen LogP contribution in [0, 0.1) is 0 Å². The Balaban J connectivity index is 2.14. The standard InChI is InChI=1S/C14H21N3O/c1-3-12(15)14(18)16-11-6-7-13-10(9-11)5-4-8-17(13)2/h6-7,9,12H,3-5,8,15H2,1-2H3,(H,16,18). The topological polar surface area (TPSA) is 58.4 Å². The second-order valence-corrected chi connectivity index (χ2v) is 4.87. The molecule has 1 aliphatic heterocycles. The van der Waals surface area contributed by atoms with E-state index in [9.17, 15) is 4.79 Å². The quantitative estimate of drug-likeness (QED) is 0.855. The number of aryl methyl sites for hydroxylation is 1. The minimum absolute atomic E-state index is 0.110. The highest BCUT2D eigenvalue weighted by molar-refractivity contribution is 5.94. The van der Waals surface area contributed by atoms with Crippen molar-refractivity contribution in [1.82, 2.24) is 0 Å². The van der Waals surface area contributed by atoms with Crippen LogP contribution < -0.4 is 16.0 Å². The molecule has 0 bridgehead atoms.